The third kappa shape index (κ3) is 2.63. The fraction of sp³-hybridized carbons (Fsp3) is 0.867. The Labute approximate surface area is 120 Å². The van der Waals surface area contributed by atoms with Crippen LogP contribution in [-0.2, 0) is 4.79 Å². The first-order chi connectivity index (χ1) is 9.32. The molecule has 0 saturated carbocycles. The number of rotatable bonds is 1. The molecule has 5 heteroatoms. The molecule has 0 spiro atoms. The summed E-state index contributed by atoms with van der Waals surface area (Å²) in [5, 5.41) is 9.36. The Balaban J connectivity index is 2.15. The predicted molar refractivity (Wildman–Crippen MR) is 76.4 cm³/mol. The smallest absolute Gasteiger partial charge is 0.326 e. The number of carboxylic acids is 1. The number of likely N-dealkylation sites (tertiary alicyclic amines) is 2. The number of hydrogen-bond donors (Lipinski definition) is 1. The molecule has 2 amide bonds. The fourth-order valence-corrected chi connectivity index (χ4v) is 3.67. The Morgan fingerprint density at radius 1 is 1.05 bits per heavy atom. The molecule has 0 bridgehead atoms. The van der Waals surface area contributed by atoms with Gasteiger partial charge in [0.2, 0.25) is 0 Å². The number of carboxylic acid groups (broad SMARTS) is 1. The molecule has 114 valence electrons. The van der Waals surface area contributed by atoms with Crippen molar-refractivity contribution >= 4 is 12.0 Å². The van der Waals surface area contributed by atoms with Crippen LogP contribution in [-0.4, -0.2) is 52.1 Å². The third-order valence-electron chi connectivity index (χ3n) is 5.04. The lowest BCUT2D eigenvalue weighted by atomic mass is 9.86. The molecule has 2 heterocycles. The van der Waals surface area contributed by atoms with E-state index in [-0.39, 0.29) is 18.0 Å². The normalized spacial score (nSPS) is 38.1. The first-order valence-electron chi connectivity index (χ1n) is 7.63. The van der Waals surface area contributed by atoms with E-state index < -0.39 is 12.0 Å². The molecule has 5 atom stereocenters. The van der Waals surface area contributed by atoms with Gasteiger partial charge in [-0.1, -0.05) is 20.8 Å². The molecular weight excluding hydrogens is 256 g/mol. The van der Waals surface area contributed by atoms with E-state index in [2.05, 4.69) is 20.8 Å². The van der Waals surface area contributed by atoms with E-state index in [9.17, 15) is 14.7 Å². The van der Waals surface area contributed by atoms with Gasteiger partial charge in [0.05, 0.1) is 0 Å². The molecule has 0 aromatic rings. The van der Waals surface area contributed by atoms with E-state index in [0.717, 1.165) is 19.4 Å². The van der Waals surface area contributed by atoms with Crippen LogP contribution >= 0.6 is 0 Å². The summed E-state index contributed by atoms with van der Waals surface area (Å²) in [6.07, 6.45) is 1.90. The molecule has 5 unspecified atom stereocenters. The molecule has 0 aromatic carbocycles. The van der Waals surface area contributed by atoms with Gasteiger partial charge in [-0.05, 0) is 37.5 Å². The number of carbonyl (C=O) groups excluding carboxylic acids is 1. The van der Waals surface area contributed by atoms with Crippen LogP contribution < -0.4 is 0 Å². The molecule has 2 saturated heterocycles. The molecule has 1 N–H and O–H groups in total. The third-order valence-corrected chi connectivity index (χ3v) is 5.04. The van der Waals surface area contributed by atoms with Gasteiger partial charge < -0.3 is 14.9 Å². The lowest BCUT2D eigenvalue weighted by Gasteiger charge is -2.43. The van der Waals surface area contributed by atoms with Crippen molar-refractivity contribution in [2.45, 2.75) is 52.6 Å². The number of aliphatic carboxylic acids is 1. The maximum absolute atomic E-state index is 12.8. The Morgan fingerprint density at radius 3 is 2.30 bits per heavy atom. The van der Waals surface area contributed by atoms with Crippen LogP contribution in [0.1, 0.15) is 40.5 Å². The summed E-state index contributed by atoms with van der Waals surface area (Å²) in [5.74, 6) is 0.0972. The van der Waals surface area contributed by atoms with E-state index in [1.165, 1.54) is 0 Å². The predicted octanol–water partition coefficient (Wildman–Crippen LogP) is 2.27. The lowest BCUT2D eigenvalue weighted by molar-refractivity contribution is -0.142. The van der Waals surface area contributed by atoms with Gasteiger partial charge in [0.15, 0.2) is 0 Å². The average Bonchev–Trinajstić information content (AvgIpc) is 2.75. The summed E-state index contributed by atoms with van der Waals surface area (Å²) >= 11 is 0. The lowest BCUT2D eigenvalue weighted by Crippen LogP contribution is -2.56. The Kier molecular flexibility index (Phi) is 4.25. The van der Waals surface area contributed by atoms with Crippen molar-refractivity contribution in [1.29, 1.82) is 0 Å². The van der Waals surface area contributed by atoms with Gasteiger partial charge in [0, 0.05) is 19.1 Å². The van der Waals surface area contributed by atoms with Crippen LogP contribution in [0.2, 0.25) is 0 Å². The summed E-state index contributed by atoms with van der Waals surface area (Å²) in [6.45, 7) is 9.61. The summed E-state index contributed by atoms with van der Waals surface area (Å²) in [6, 6.07) is -0.570. The number of nitrogens with zero attached hydrogens (tertiary/aromatic N) is 2. The Hall–Kier alpha value is -1.26. The van der Waals surface area contributed by atoms with E-state index in [1.54, 1.807) is 4.90 Å². The van der Waals surface area contributed by atoms with Crippen LogP contribution in [0.5, 0.6) is 0 Å². The van der Waals surface area contributed by atoms with Gasteiger partial charge in [-0.25, -0.2) is 9.59 Å². The molecule has 2 fully saturated rings. The Morgan fingerprint density at radius 2 is 1.70 bits per heavy atom. The molecule has 5 nitrogen and oxygen atoms in total. The van der Waals surface area contributed by atoms with Crippen molar-refractivity contribution in [3.63, 3.8) is 0 Å². The topological polar surface area (TPSA) is 60.9 Å². The van der Waals surface area contributed by atoms with Crippen molar-refractivity contribution in [3.8, 4) is 0 Å². The molecular formula is C15H26N2O3. The van der Waals surface area contributed by atoms with Crippen LogP contribution in [0.15, 0.2) is 0 Å². The molecule has 0 aliphatic carbocycles. The maximum Gasteiger partial charge on any atom is 0.326 e. The van der Waals surface area contributed by atoms with E-state index >= 15 is 0 Å². The van der Waals surface area contributed by atoms with E-state index in [4.69, 9.17) is 0 Å². The molecule has 2 rings (SSSR count). The SMILES string of the molecule is CC1CC(C)C(C)N(C(=O)N2CCC(C)C2C(=O)O)C1. The van der Waals surface area contributed by atoms with Gasteiger partial charge in [-0.15, -0.1) is 0 Å². The minimum Gasteiger partial charge on any atom is -0.480 e. The van der Waals surface area contributed by atoms with Crippen molar-refractivity contribution < 1.29 is 14.7 Å². The highest BCUT2D eigenvalue weighted by molar-refractivity contribution is 5.84. The number of amides is 2. The van der Waals surface area contributed by atoms with Gasteiger partial charge in [0.25, 0.3) is 0 Å². The summed E-state index contributed by atoms with van der Waals surface area (Å²) in [7, 11) is 0. The number of piperidine rings is 1. The van der Waals surface area contributed by atoms with Crippen molar-refractivity contribution in [1.82, 2.24) is 9.80 Å². The molecule has 2 aliphatic rings. The first-order valence-corrected chi connectivity index (χ1v) is 7.63. The Bertz CT molecular complexity index is 399. The zero-order valence-electron chi connectivity index (χ0n) is 12.9. The highest BCUT2D eigenvalue weighted by Crippen LogP contribution is 2.31. The number of urea groups is 1. The zero-order valence-corrected chi connectivity index (χ0v) is 12.9. The molecule has 0 radical (unpaired) electrons. The average molecular weight is 282 g/mol. The minimum atomic E-state index is -0.880. The van der Waals surface area contributed by atoms with Crippen LogP contribution in [0.25, 0.3) is 0 Å². The van der Waals surface area contributed by atoms with Crippen molar-refractivity contribution in [2.24, 2.45) is 17.8 Å². The monoisotopic (exact) mass is 282 g/mol. The standard InChI is InChI=1S/C15H26N2O3/c1-9-7-11(3)12(4)17(8-9)15(20)16-6-5-10(2)13(16)14(18)19/h9-13H,5-8H2,1-4H3,(H,18,19). The minimum absolute atomic E-state index is 0.0337. The summed E-state index contributed by atoms with van der Waals surface area (Å²) < 4.78 is 0. The zero-order chi connectivity index (χ0) is 15.0. The summed E-state index contributed by atoms with van der Waals surface area (Å²) in [4.78, 5) is 27.6. The van der Waals surface area contributed by atoms with Gasteiger partial charge in [-0.2, -0.15) is 0 Å². The number of hydrogen-bond acceptors (Lipinski definition) is 2. The molecule has 2 aliphatic heterocycles. The maximum atomic E-state index is 12.8. The van der Waals surface area contributed by atoms with Gasteiger partial charge in [-0.3, -0.25) is 0 Å². The van der Waals surface area contributed by atoms with Crippen molar-refractivity contribution in [3.05, 3.63) is 0 Å². The van der Waals surface area contributed by atoms with Gasteiger partial charge in [0.1, 0.15) is 6.04 Å². The highest BCUT2D eigenvalue weighted by Gasteiger charge is 2.43. The van der Waals surface area contributed by atoms with Crippen LogP contribution in [0, 0.1) is 17.8 Å². The molecule has 20 heavy (non-hydrogen) atoms. The second-order valence-electron chi connectivity index (χ2n) is 6.74. The largest absolute Gasteiger partial charge is 0.480 e. The van der Waals surface area contributed by atoms with Crippen molar-refractivity contribution in [2.75, 3.05) is 13.1 Å². The van der Waals surface area contributed by atoms with Gasteiger partial charge >= 0.3 is 12.0 Å². The molecule has 0 aromatic heterocycles. The highest BCUT2D eigenvalue weighted by atomic mass is 16.4. The van der Waals surface area contributed by atoms with E-state index in [0.29, 0.717) is 18.4 Å². The van der Waals surface area contributed by atoms with Crippen LogP contribution in [0.3, 0.4) is 0 Å². The van der Waals surface area contributed by atoms with Crippen LogP contribution in [0.4, 0.5) is 4.79 Å². The fourth-order valence-electron chi connectivity index (χ4n) is 3.67. The second-order valence-corrected chi connectivity index (χ2v) is 6.74. The number of carbonyl (C=O) groups is 2. The second kappa shape index (κ2) is 5.62. The quantitative estimate of drug-likeness (QED) is 0.802. The van der Waals surface area contributed by atoms with E-state index in [1.807, 2.05) is 11.8 Å². The first kappa shape index (κ1) is 15.1. The summed E-state index contributed by atoms with van der Waals surface area (Å²) in [5.41, 5.74) is 0.